The molecular formula is C11H15NO. The molecule has 1 fully saturated rings. The number of aliphatic hydroxyl groups is 1. The summed E-state index contributed by atoms with van der Waals surface area (Å²) in [5.74, 6) is 0. The molecule has 0 unspecified atom stereocenters. The second kappa shape index (κ2) is 3.04. The minimum absolute atomic E-state index is 0.522. The van der Waals surface area contributed by atoms with Crippen molar-refractivity contribution in [3.05, 3.63) is 29.8 Å². The first-order valence-corrected chi connectivity index (χ1v) is 4.75. The van der Waals surface area contributed by atoms with Crippen molar-refractivity contribution >= 4 is 5.69 Å². The summed E-state index contributed by atoms with van der Waals surface area (Å²) in [5, 5.41) is 13.1. The molecular weight excluding hydrogens is 162 g/mol. The number of hydrogen-bond donors (Lipinski definition) is 2. The van der Waals surface area contributed by atoms with Crippen molar-refractivity contribution in [1.82, 2.24) is 0 Å². The van der Waals surface area contributed by atoms with Crippen LogP contribution < -0.4 is 5.32 Å². The average molecular weight is 177 g/mol. The molecule has 2 rings (SSSR count). The third kappa shape index (κ3) is 1.42. The molecule has 0 aromatic heterocycles. The molecule has 0 bridgehead atoms. The highest BCUT2D eigenvalue weighted by molar-refractivity contribution is 5.45. The van der Waals surface area contributed by atoms with Gasteiger partial charge in [0.1, 0.15) is 0 Å². The van der Waals surface area contributed by atoms with Crippen molar-refractivity contribution in [2.75, 3.05) is 12.4 Å². The molecule has 0 spiro atoms. The van der Waals surface area contributed by atoms with Crippen molar-refractivity contribution in [2.45, 2.75) is 24.9 Å². The van der Waals surface area contributed by atoms with Crippen LogP contribution in [0.5, 0.6) is 0 Å². The number of rotatable bonds is 2. The Hall–Kier alpha value is -1.02. The maximum atomic E-state index is 10.0. The summed E-state index contributed by atoms with van der Waals surface area (Å²) in [6.45, 7) is 0. The molecule has 1 saturated carbocycles. The second-order valence-corrected chi connectivity index (χ2v) is 3.71. The molecule has 0 aliphatic heterocycles. The molecule has 1 aromatic carbocycles. The molecule has 1 aromatic rings. The Morgan fingerprint density at radius 2 is 1.85 bits per heavy atom. The van der Waals surface area contributed by atoms with E-state index >= 15 is 0 Å². The van der Waals surface area contributed by atoms with Crippen molar-refractivity contribution in [3.8, 4) is 0 Å². The maximum Gasteiger partial charge on any atom is 0.0896 e. The summed E-state index contributed by atoms with van der Waals surface area (Å²) in [6.07, 6.45) is 2.96. The van der Waals surface area contributed by atoms with Gasteiger partial charge in [-0.2, -0.15) is 0 Å². The van der Waals surface area contributed by atoms with E-state index in [1.165, 1.54) is 0 Å². The highest BCUT2D eigenvalue weighted by atomic mass is 16.3. The van der Waals surface area contributed by atoms with Gasteiger partial charge in [-0.3, -0.25) is 0 Å². The van der Waals surface area contributed by atoms with Crippen LogP contribution in [-0.2, 0) is 5.60 Å². The third-order valence-corrected chi connectivity index (χ3v) is 2.89. The largest absolute Gasteiger partial charge is 0.388 e. The van der Waals surface area contributed by atoms with E-state index in [0.717, 1.165) is 30.5 Å². The third-order valence-electron chi connectivity index (χ3n) is 2.89. The van der Waals surface area contributed by atoms with Gasteiger partial charge in [0.25, 0.3) is 0 Å². The lowest BCUT2D eigenvalue weighted by molar-refractivity contribution is -0.0387. The Balaban J connectivity index is 2.22. The molecule has 2 heteroatoms. The number of benzene rings is 1. The molecule has 0 amide bonds. The smallest absolute Gasteiger partial charge is 0.0896 e. The lowest BCUT2D eigenvalue weighted by Gasteiger charge is -2.37. The Bertz CT molecular complexity index is 287. The molecule has 0 radical (unpaired) electrons. The van der Waals surface area contributed by atoms with Gasteiger partial charge in [0, 0.05) is 12.7 Å². The van der Waals surface area contributed by atoms with E-state index in [0.29, 0.717) is 0 Å². The molecule has 1 aliphatic carbocycles. The SMILES string of the molecule is CNc1ccc(C2(O)CCC2)cc1. The van der Waals surface area contributed by atoms with Crippen molar-refractivity contribution in [1.29, 1.82) is 0 Å². The zero-order chi connectivity index (χ0) is 9.31. The van der Waals surface area contributed by atoms with Crippen LogP contribution in [-0.4, -0.2) is 12.2 Å². The van der Waals surface area contributed by atoms with Gasteiger partial charge in [0.15, 0.2) is 0 Å². The molecule has 2 nitrogen and oxygen atoms in total. The molecule has 0 heterocycles. The van der Waals surface area contributed by atoms with Crippen LogP contribution in [0, 0.1) is 0 Å². The second-order valence-electron chi connectivity index (χ2n) is 3.71. The standard InChI is InChI=1S/C11H15NO/c1-12-10-5-3-9(4-6-10)11(13)7-2-8-11/h3-6,12-13H,2,7-8H2,1H3. The molecule has 0 atom stereocenters. The van der Waals surface area contributed by atoms with Gasteiger partial charge < -0.3 is 10.4 Å². The quantitative estimate of drug-likeness (QED) is 0.725. The van der Waals surface area contributed by atoms with Crippen LogP contribution in [0.3, 0.4) is 0 Å². The van der Waals surface area contributed by atoms with Crippen molar-refractivity contribution in [2.24, 2.45) is 0 Å². The van der Waals surface area contributed by atoms with Crippen LogP contribution in [0.15, 0.2) is 24.3 Å². The molecule has 70 valence electrons. The fourth-order valence-corrected chi connectivity index (χ4v) is 1.75. The van der Waals surface area contributed by atoms with Gasteiger partial charge in [0.2, 0.25) is 0 Å². The summed E-state index contributed by atoms with van der Waals surface area (Å²) in [7, 11) is 1.90. The van der Waals surface area contributed by atoms with Crippen molar-refractivity contribution < 1.29 is 5.11 Å². The molecule has 2 N–H and O–H groups in total. The summed E-state index contributed by atoms with van der Waals surface area (Å²) < 4.78 is 0. The Kier molecular flexibility index (Phi) is 2.00. The summed E-state index contributed by atoms with van der Waals surface area (Å²) in [6, 6.07) is 8.02. The van der Waals surface area contributed by atoms with E-state index in [2.05, 4.69) is 5.32 Å². The van der Waals surface area contributed by atoms with Gasteiger partial charge in [-0.1, -0.05) is 12.1 Å². The average Bonchev–Trinajstić information content (AvgIpc) is 2.14. The minimum atomic E-state index is -0.522. The van der Waals surface area contributed by atoms with E-state index in [1.807, 2.05) is 31.3 Å². The first-order valence-electron chi connectivity index (χ1n) is 4.75. The van der Waals surface area contributed by atoms with Gasteiger partial charge in [-0.15, -0.1) is 0 Å². The lowest BCUT2D eigenvalue weighted by Crippen LogP contribution is -2.33. The Morgan fingerprint density at radius 3 is 2.23 bits per heavy atom. The number of hydrogen-bond acceptors (Lipinski definition) is 2. The Morgan fingerprint density at radius 1 is 1.23 bits per heavy atom. The van der Waals surface area contributed by atoms with E-state index in [1.54, 1.807) is 0 Å². The van der Waals surface area contributed by atoms with Crippen LogP contribution in [0.4, 0.5) is 5.69 Å². The van der Waals surface area contributed by atoms with Gasteiger partial charge in [-0.25, -0.2) is 0 Å². The van der Waals surface area contributed by atoms with Crippen molar-refractivity contribution in [3.63, 3.8) is 0 Å². The van der Waals surface area contributed by atoms with Crippen LogP contribution >= 0.6 is 0 Å². The van der Waals surface area contributed by atoms with Crippen LogP contribution in [0.1, 0.15) is 24.8 Å². The summed E-state index contributed by atoms with van der Waals surface area (Å²) in [4.78, 5) is 0. The number of anilines is 1. The van der Waals surface area contributed by atoms with E-state index in [-0.39, 0.29) is 0 Å². The first kappa shape index (κ1) is 8.57. The summed E-state index contributed by atoms with van der Waals surface area (Å²) >= 11 is 0. The normalized spacial score (nSPS) is 19.2. The highest BCUT2D eigenvalue weighted by Crippen LogP contribution is 2.41. The molecule has 13 heavy (non-hydrogen) atoms. The predicted molar refractivity (Wildman–Crippen MR) is 53.7 cm³/mol. The highest BCUT2D eigenvalue weighted by Gasteiger charge is 2.35. The number of nitrogens with one attached hydrogen (secondary N) is 1. The lowest BCUT2D eigenvalue weighted by atomic mass is 9.75. The first-order chi connectivity index (χ1) is 6.24. The Labute approximate surface area is 78.6 Å². The topological polar surface area (TPSA) is 32.3 Å². The van der Waals surface area contributed by atoms with Crippen LogP contribution in [0.2, 0.25) is 0 Å². The predicted octanol–water partition coefficient (Wildman–Crippen LogP) is 2.10. The monoisotopic (exact) mass is 177 g/mol. The fraction of sp³-hybridized carbons (Fsp3) is 0.455. The minimum Gasteiger partial charge on any atom is -0.388 e. The van der Waals surface area contributed by atoms with Gasteiger partial charge >= 0.3 is 0 Å². The van der Waals surface area contributed by atoms with E-state index in [9.17, 15) is 5.11 Å². The zero-order valence-electron chi connectivity index (χ0n) is 7.88. The fourth-order valence-electron chi connectivity index (χ4n) is 1.75. The zero-order valence-corrected chi connectivity index (χ0v) is 7.88. The van der Waals surface area contributed by atoms with Crippen LogP contribution in [0.25, 0.3) is 0 Å². The van der Waals surface area contributed by atoms with E-state index < -0.39 is 5.60 Å². The van der Waals surface area contributed by atoms with Gasteiger partial charge in [-0.05, 0) is 37.0 Å². The molecule has 1 aliphatic rings. The molecule has 0 saturated heterocycles. The van der Waals surface area contributed by atoms with Gasteiger partial charge in [0.05, 0.1) is 5.60 Å². The van der Waals surface area contributed by atoms with E-state index in [4.69, 9.17) is 0 Å². The summed E-state index contributed by atoms with van der Waals surface area (Å²) in [5.41, 5.74) is 1.62. The maximum absolute atomic E-state index is 10.0.